The van der Waals surface area contributed by atoms with Gasteiger partial charge in [-0.1, -0.05) is 50.2 Å². The predicted molar refractivity (Wildman–Crippen MR) is 117 cm³/mol. The summed E-state index contributed by atoms with van der Waals surface area (Å²) in [6.07, 6.45) is 0.474. The van der Waals surface area contributed by atoms with Gasteiger partial charge in [-0.05, 0) is 48.3 Å². The van der Waals surface area contributed by atoms with Crippen molar-refractivity contribution >= 4 is 28.3 Å². The fourth-order valence-corrected chi connectivity index (χ4v) is 6.98. The van der Waals surface area contributed by atoms with E-state index in [9.17, 15) is 13.0 Å². The SMILES string of the molecule is CCOP(=O)(Oc1cccc(S(=O)(=O)OCCc2ccccc2)c1)SCC(C)C. The molecule has 160 valence electrons. The van der Waals surface area contributed by atoms with Gasteiger partial charge >= 0.3 is 6.80 Å². The Kier molecular flexibility index (Phi) is 9.24. The number of hydrogen-bond acceptors (Lipinski definition) is 7. The largest absolute Gasteiger partial charge is 0.440 e. The van der Waals surface area contributed by atoms with Gasteiger partial charge in [0.15, 0.2) is 0 Å². The van der Waals surface area contributed by atoms with Crippen LogP contribution in [0.15, 0.2) is 59.5 Å². The van der Waals surface area contributed by atoms with E-state index < -0.39 is 16.9 Å². The molecule has 6 nitrogen and oxygen atoms in total. The highest BCUT2D eigenvalue weighted by atomic mass is 32.7. The summed E-state index contributed by atoms with van der Waals surface area (Å²) >= 11 is 1.11. The van der Waals surface area contributed by atoms with Gasteiger partial charge in [-0.15, -0.1) is 0 Å². The summed E-state index contributed by atoms with van der Waals surface area (Å²) in [4.78, 5) is -0.0556. The molecule has 0 saturated heterocycles. The van der Waals surface area contributed by atoms with E-state index in [0.29, 0.717) is 18.1 Å². The molecule has 0 bridgehead atoms. The third-order valence-corrected chi connectivity index (χ3v) is 9.02. The lowest BCUT2D eigenvalue weighted by atomic mass is 10.2. The molecule has 2 aromatic rings. The molecule has 9 heteroatoms. The van der Waals surface area contributed by atoms with Gasteiger partial charge in [-0.2, -0.15) is 8.42 Å². The van der Waals surface area contributed by atoms with E-state index in [-0.39, 0.29) is 23.9 Å². The van der Waals surface area contributed by atoms with E-state index in [4.69, 9.17) is 13.2 Å². The van der Waals surface area contributed by atoms with Crippen LogP contribution >= 0.6 is 18.2 Å². The zero-order valence-corrected chi connectivity index (χ0v) is 19.3. The predicted octanol–water partition coefficient (Wildman–Crippen LogP) is 5.55. The van der Waals surface area contributed by atoms with Crippen molar-refractivity contribution in [2.45, 2.75) is 32.1 Å². The summed E-state index contributed by atoms with van der Waals surface area (Å²) in [6.45, 7) is 2.54. The second-order valence-corrected chi connectivity index (χ2v) is 12.3. The minimum Gasteiger partial charge on any atom is -0.417 e. The van der Waals surface area contributed by atoms with Crippen LogP contribution in [0.4, 0.5) is 0 Å². The lowest BCUT2D eigenvalue weighted by Crippen LogP contribution is -2.09. The third kappa shape index (κ3) is 8.15. The molecule has 29 heavy (non-hydrogen) atoms. The molecule has 0 fully saturated rings. The topological polar surface area (TPSA) is 78.9 Å². The van der Waals surface area contributed by atoms with Crippen molar-refractivity contribution in [1.29, 1.82) is 0 Å². The summed E-state index contributed by atoms with van der Waals surface area (Å²) in [5.41, 5.74) is 0.986. The Labute approximate surface area is 177 Å². The molecule has 2 aromatic carbocycles. The lowest BCUT2D eigenvalue weighted by Gasteiger charge is -2.19. The molecule has 0 N–H and O–H groups in total. The Morgan fingerprint density at radius 2 is 1.79 bits per heavy atom. The van der Waals surface area contributed by atoms with E-state index >= 15 is 0 Å². The second kappa shape index (κ2) is 11.2. The van der Waals surface area contributed by atoms with Gasteiger partial charge in [-0.3, -0.25) is 8.71 Å². The van der Waals surface area contributed by atoms with Gasteiger partial charge in [0, 0.05) is 11.8 Å². The first-order valence-corrected chi connectivity index (χ1v) is 13.9. The standard InChI is InChI=1S/C20H27O6PS2/c1-4-24-27(21,28-16-17(2)3)26-19-11-8-12-20(15-19)29(22,23)25-14-13-18-9-6-5-7-10-18/h5-12,15,17H,4,13-14,16H2,1-3H3. The van der Waals surface area contributed by atoms with E-state index in [1.165, 1.54) is 18.2 Å². The highest BCUT2D eigenvalue weighted by molar-refractivity contribution is 8.55. The van der Waals surface area contributed by atoms with Crippen LogP contribution in [0, 0.1) is 5.92 Å². The molecule has 0 radical (unpaired) electrons. The minimum atomic E-state index is -3.96. The monoisotopic (exact) mass is 458 g/mol. The van der Waals surface area contributed by atoms with Crippen molar-refractivity contribution in [2.75, 3.05) is 19.0 Å². The molecule has 0 aliphatic rings. The average Bonchev–Trinajstić information content (AvgIpc) is 2.68. The molecule has 0 amide bonds. The Hall–Kier alpha value is -1.31. The van der Waals surface area contributed by atoms with Crippen LogP contribution in [0.25, 0.3) is 0 Å². The van der Waals surface area contributed by atoms with Crippen LogP contribution in [0.5, 0.6) is 5.75 Å². The normalized spacial score (nSPS) is 13.9. The van der Waals surface area contributed by atoms with Crippen molar-refractivity contribution in [3.8, 4) is 5.75 Å². The second-order valence-electron chi connectivity index (χ2n) is 6.63. The maximum Gasteiger partial charge on any atom is 0.440 e. The zero-order valence-electron chi connectivity index (χ0n) is 16.8. The van der Waals surface area contributed by atoms with Gasteiger partial charge in [-0.25, -0.2) is 4.57 Å². The maximum atomic E-state index is 12.9. The molecule has 0 aliphatic heterocycles. The van der Waals surface area contributed by atoms with Crippen molar-refractivity contribution in [3.63, 3.8) is 0 Å². The van der Waals surface area contributed by atoms with Gasteiger partial charge in [0.1, 0.15) is 5.75 Å². The summed E-state index contributed by atoms with van der Waals surface area (Å²) in [5, 5.41) is 0. The molecule has 1 atom stereocenters. The minimum absolute atomic E-state index is 0.0269. The zero-order chi connectivity index (χ0) is 21.3. The highest BCUT2D eigenvalue weighted by Gasteiger charge is 2.28. The van der Waals surface area contributed by atoms with Crippen LogP contribution in [-0.4, -0.2) is 27.4 Å². The number of benzene rings is 2. The van der Waals surface area contributed by atoms with E-state index in [1.807, 2.05) is 44.2 Å². The van der Waals surface area contributed by atoms with Crippen molar-refractivity contribution in [1.82, 2.24) is 0 Å². The summed E-state index contributed by atoms with van der Waals surface area (Å²) in [7, 11) is -3.96. The van der Waals surface area contributed by atoms with Crippen LogP contribution in [0.1, 0.15) is 26.3 Å². The van der Waals surface area contributed by atoms with Gasteiger partial charge in [0.05, 0.1) is 18.1 Å². The molecule has 0 aliphatic carbocycles. The first kappa shape index (κ1) is 24.0. The van der Waals surface area contributed by atoms with Crippen molar-refractivity contribution < 1.29 is 26.2 Å². The van der Waals surface area contributed by atoms with Crippen LogP contribution < -0.4 is 4.52 Å². The fraction of sp³-hybridized carbons (Fsp3) is 0.400. The molecule has 0 saturated carbocycles. The van der Waals surface area contributed by atoms with Gasteiger partial charge in [0.2, 0.25) is 0 Å². The van der Waals surface area contributed by atoms with Crippen LogP contribution in [0.3, 0.4) is 0 Å². The van der Waals surface area contributed by atoms with E-state index in [0.717, 1.165) is 16.9 Å². The third-order valence-electron chi connectivity index (χ3n) is 3.64. The van der Waals surface area contributed by atoms with Gasteiger partial charge < -0.3 is 4.52 Å². The first-order chi connectivity index (χ1) is 13.7. The molecular formula is C20H27O6PS2. The molecule has 0 aromatic heterocycles. The Bertz CT molecular complexity index is 916. The molecule has 1 unspecified atom stereocenters. The number of rotatable bonds is 12. The first-order valence-electron chi connectivity index (χ1n) is 9.36. The molecular weight excluding hydrogens is 431 g/mol. The van der Waals surface area contributed by atoms with E-state index in [2.05, 4.69) is 0 Å². The lowest BCUT2D eigenvalue weighted by molar-refractivity contribution is 0.295. The van der Waals surface area contributed by atoms with Crippen LogP contribution in [0.2, 0.25) is 0 Å². The van der Waals surface area contributed by atoms with Crippen molar-refractivity contribution in [2.24, 2.45) is 5.92 Å². The molecule has 2 rings (SSSR count). The fourth-order valence-electron chi connectivity index (χ4n) is 2.29. The summed E-state index contributed by atoms with van der Waals surface area (Å²) < 4.78 is 54.0. The summed E-state index contributed by atoms with van der Waals surface area (Å²) in [6, 6.07) is 15.3. The van der Waals surface area contributed by atoms with Crippen LogP contribution in [-0.2, 0) is 29.8 Å². The van der Waals surface area contributed by atoms with Crippen molar-refractivity contribution in [3.05, 3.63) is 60.2 Å². The van der Waals surface area contributed by atoms with Gasteiger partial charge in [0.25, 0.3) is 10.1 Å². The molecule has 0 spiro atoms. The average molecular weight is 459 g/mol. The summed E-state index contributed by atoms with van der Waals surface area (Å²) in [5.74, 6) is 1.06. The maximum absolute atomic E-state index is 12.9. The smallest absolute Gasteiger partial charge is 0.417 e. The Morgan fingerprint density at radius 1 is 1.07 bits per heavy atom. The molecule has 0 heterocycles. The van der Waals surface area contributed by atoms with E-state index in [1.54, 1.807) is 13.0 Å². The Balaban J connectivity index is 2.07. The highest BCUT2D eigenvalue weighted by Crippen LogP contribution is 2.60. The quantitative estimate of drug-likeness (QED) is 0.305. The number of hydrogen-bond donors (Lipinski definition) is 0. The Morgan fingerprint density at radius 3 is 2.45 bits per heavy atom.